The van der Waals surface area contributed by atoms with Gasteiger partial charge in [-0.05, 0) is 154 Å². The highest BCUT2D eigenvalue weighted by Gasteiger charge is 2.43. The van der Waals surface area contributed by atoms with Crippen molar-refractivity contribution in [2.24, 2.45) is 0 Å². The first kappa shape index (κ1) is 52.0. The van der Waals surface area contributed by atoms with Gasteiger partial charge >= 0.3 is 6.09 Å². The average Bonchev–Trinajstić information content (AvgIpc) is 3.67. The Bertz CT molecular complexity index is 1450. The van der Waals surface area contributed by atoms with Crippen LogP contribution >= 0.6 is 23.2 Å². The van der Waals surface area contributed by atoms with Crippen LogP contribution in [-0.2, 0) is 17.6 Å². The Morgan fingerprint density at radius 3 is 1.74 bits per heavy atom. The molecule has 2 aromatic carbocycles. The van der Waals surface area contributed by atoms with Gasteiger partial charge in [0, 0.05) is 54.3 Å². The number of hydrogen-bond donors (Lipinski definition) is 3. The maximum Gasteiger partial charge on any atom is 0.410 e. The summed E-state index contributed by atoms with van der Waals surface area (Å²) in [5.41, 5.74) is 2.28. The molecule has 10 heteroatoms. The van der Waals surface area contributed by atoms with E-state index in [0.29, 0.717) is 44.3 Å². The van der Waals surface area contributed by atoms with Gasteiger partial charge in [-0.3, -0.25) is 4.90 Å². The van der Waals surface area contributed by atoms with Gasteiger partial charge in [-0.2, -0.15) is 0 Å². The fourth-order valence-electron chi connectivity index (χ4n) is 8.24. The summed E-state index contributed by atoms with van der Waals surface area (Å²) < 4.78 is 5.50. The van der Waals surface area contributed by atoms with E-state index in [1.165, 1.54) is 68.4 Å². The van der Waals surface area contributed by atoms with E-state index in [-0.39, 0.29) is 13.5 Å². The molecule has 4 aliphatic rings. The third-order valence-corrected chi connectivity index (χ3v) is 11.9. The third-order valence-electron chi connectivity index (χ3n) is 11.4. The highest BCUT2D eigenvalue weighted by Crippen LogP contribution is 2.34. The predicted octanol–water partition coefficient (Wildman–Crippen LogP) is 10.6. The molecular formula is C48H80Cl2N4O4. The molecule has 6 rings (SSSR count). The number of aliphatic hydroxyl groups is 2. The molecule has 3 heterocycles. The molecule has 8 nitrogen and oxygen atoms in total. The molecule has 3 aliphatic heterocycles. The van der Waals surface area contributed by atoms with Gasteiger partial charge in [-0.1, -0.05) is 94.2 Å². The van der Waals surface area contributed by atoms with E-state index in [9.17, 15) is 15.0 Å². The molecule has 3 N–H and O–H groups in total. The van der Waals surface area contributed by atoms with Crippen molar-refractivity contribution in [3.05, 3.63) is 81.9 Å². The summed E-state index contributed by atoms with van der Waals surface area (Å²) in [6.07, 6.45) is 11.8. The molecular weight excluding hydrogens is 767 g/mol. The number of β-amino-alcohol motifs (C(OH)–C–C–N with tert-alkyl or cyclic N) is 2. The van der Waals surface area contributed by atoms with Gasteiger partial charge in [0.1, 0.15) is 5.60 Å². The summed E-state index contributed by atoms with van der Waals surface area (Å²) in [6, 6.07) is 16.9. The van der Waals surface area contributed by atoms with Gasteiger partial charge in [0.2, 0.25) is 0 Å². The molecule has 0 radical (unpaired) electrons. The smallest absolute Gasteiger partial charge is 0.410 e. The Kier molecular flexibility index (Phi) is 22.3. The minimum atomic E-state index is -0.667. The molecule has 0 aromatic heterocycles. The first-order valence-electron chi connectivity index (χ1n) is 21.6. The van der Waals surface area contributed by atoms with E-state index < -0.39 is 16.8 Å². The zero-order valence-corrected chi connectivity index (χ0v) is 38.1. The maximum absolute atomic E-state index is 12.3. The van der Waals surface area contributed by atoms with E-state index >= 15 is 0 Å². The lowest BCUT2D eigenvalue weighted by Crippen LogP contribution is -2.50. The molecule has 1 amide bonds. The number of benzene rings is 2. The number of carbonyl (C=O) groups is 1. The average molecular weight is 848 g/mol. The number of allylic oxidation sites excluding steroid dienone is 1. The van der Waals surface area contributed by atoms with Crippen molar-refractivity contribution in [1.82, 2.24) is 20.0 Å². The molecule has 1 aliphatic carbocycles. The molecule has 3 saturated heterocycles. The summed E-state index contributed by atoms with van der Waals surface area (Å²) in [7, 11) is 0. The minimum absolute atomic E-state index is 0. The number of rotatable bonds is 8. The summed E-state index contributed by atoms with van der Waals surface area (Å²) in [5, 5.41) is 25.4. The normalized spacial score (nSPS) is 25.1. The highest BCUT2D eigenvalue weighted by atomic mass is 35.5. The van der Waals surface area contributed by atoms with Gasteiger partial charge in [0.15, 0.2) is 0 Å². The third kappa shape index (κ3) is 19.5. The van der Waals surface area contributed by atoms with Crippen LogP contribution in [0.4, 0.5) is 4.79 Å². The monoisotopic (exact) mass is 847 g/mol. The Labute approximate surface area is 363 Å². The number of piperidine rings is 1. The minimum Gasteiger partial charge on any atom is -0.444 e. The van der Waals surface area contributed by atoms with Crippen molar-refractivity contribution in [2.45, 2.75) is 168 Å². The molecule has 4 atom stereocenters. The van der Waals surface area contributed by atoms with E-state index in [1.807, 2.05) is 75.9 Å². The number of likely N-dealkylation sites (tertiary alicyclic amines) is 2. The zero-order valence-electron chi connectivity index (χ0n) is 36.6. The van der Waals surface area contributed by atoms with E-state index in [4.69, 9.17) is 27.9 Å². The van der Waals surface area contributed by atoms with Gasteiger partial charge < -0.3 is 30.1 Å². The first-order valence-corrected chi connectivity index (χ1v) is 22.4. The second kappa shape index (κ2) is 24.9. The van der Waals surface area contributed by atoms with Crippen LogP contribution in [-0.4, -0.2) is 112 Å². The molecule has 2 unspecified atom stereocenters. The van der Waals surface area contributed by atoms with Crippen molar-refractivity contribution >= 4 is 29.3 Å². The van der Waals surface area contributed by atoms with E-state index in [1.54, 1.807) is 0 Å². The van der Waals surface area contributed by atoms with Crippen LogP contribution in [0.2, 0.25) is 10.0 Å². The van der Waals surface area contributed by atoms with Gasteiger partial charge in [0.05, 0.1) is 11.2 Å². The van der Waals surface area contributed by atoms with Crippen molar-refractivity contribution in [2.75, 3.05) is 45.8 Å². The topological polar surface area (TPSA) is 88.5 Å². The van der Waals surface area contributed by atoms with Gasteiger partial charge in [0.25, 0.3) is 0 Å². The Morgan fingerprint density at radius 1 is 0.845 bits per heavy atom. The fraction of sp³-hybridized carbons (Fsp3) is 0.688. The van der Waals surface area contributed by atoms with Crippen molar-refractivity contribution in [3.8, 4) is 0 Å². The van der Waals surface area contributed by atoms with Crippen LogP contribution in [0.25, 0.3) is 0 Å². The SMILES string of the molecule is C.C=C1CCCCC1.CC1(O)CN[C@@H](Cc2ccc(Cl)cc2)C1.CC1(O)C[C@H](Cc2ccc(Cl)cc2)N(C2CCN(C(=O)OC(C)(C)C)CC2)C1.CCN(CC)CC. The number of ether oxygens (including phenoxy) is 1. The largest absolute Gasteiger partial charge is 0.444 e. The second-order valence-electron chi connectivity index (χ2n) is 18.1. The number of hydrogen-bond acceptors (Lipinski definition) is 7. The summed E-state index contributed by atoms with van der Waals surface area (Å²) >= 11 is 11.8. The lowest BCUT2D eigenvalue weighted by atomic mass is 9.97. The molecule has 1 saturated carbocycles. The quantitative estimate of drug-likeness (QED) is 0.228. The number of carbonyl (C=O) groups excluding carboxylic acids is 1. The Hall–Kier alpha value is -2.17. The standard InChI is InChI=1S/C22H33ClN2O3.C12H16ClNO.C7H12.C6H15N.CH4/c1-21(2,3)28-20(26)24-11-9-18(10-12-24)25-15-22(4,27)14-19(25)13-16-5-7-17(23)8-6-16;1-12(15)7-11(14-8-12)6-9-2-4-10(13)5-3-9;1-7-5-3-2-4-6-7;1-4-7(5-2)6-3;/h5-8,18-19,27H,9-15H2,1-4H3;2-5,11,14-15H,6-8H2,1H3;1-6H2;4-6H2,1-3H3;1H4/t19-,22?;11-,12?;;;/m00.../s1. The summed E-state index contributed by atoms with van der Waals surface area (Å²) in [5.74, 6) is 0. The van der Waals surface area contributed by atoms with E-state index in [0.717, 1.165) is 48.6 Å². The molecule has 4 fully saturated rings. The molecule has 0 bridgehead atoms. The molecule has 0 spiro atoms. The fourth-order valence-corrected chi connectivity index (χ4v) is 8.49. The summed E-state index contributed by atoms with van der Waals surface area (Å²) in [4.78, 5) is 19.0. The van der Waals surface area contributed by atoms with Crippen LogP contribution < -0.4 is 5.32 Å². The Balaban J connectivity index is 0.000000320. The predicted molar refractivity (Wildman–Crippen MR) is 246 cm³/mol. The van der Waals surface area contributed by atoms with Crippen LogP contribution in [0.5, 0.6) is 0 Å². The van der Waals surface area contributed by atoms with Crippen molar-refractivity contribution in [3.63, 3.8) is 0 Å². The number of amides is 1. The molecule has 58 heavy (non-hydrogen) atoms. The van der Waals surface area contributed by atoms with Crippen LogP contribution in [0.3, 0.4) is 0 Å². The molecule has 330 valence electrons. The zero-order chi connectivity index (χ0) is 42.2. The number of halogens is 2. The van der Waals surface area contributed by atoms with Crippen molar-refractivity contribution < 1.29 is 19.7 Å². The lowest BCUT2D eigenvalue weighted by molar-refractivity contribution is 0.0105. The van der Waals surface area contributed by atoms with Crippen LogP contribution in [0.1, 0.15) is 132 Å². The molecule has 2 aromatic rings. The lowest BCUT2D eigenvalue weighted by Gasteiger charge is -2.39. The summed E-state index contributed by atoms with van der Waals surface area (Å²) in [6.45, 7) is 26.3. The highest BCUT2D eigenvalue weighted by molar-refractivity contribution is 6.30. The van der Waals surface area contributed by atoms with Crippen LogP contribution in [0, 0.1) is 0 Å². The maximum atomic E-state index is 12.3. The first-order chi connectivity index (χ1) is 26.8. The van der Waals surface area contributed by atoms with Crippen molar-refractivity contribution in [1.29, 1.82) is 0 Å². The van der Waals surface area contributed by atoms with Gasteiger partial charge in [-0.25, -0.2) is 4.79 Å². The van der Waals surface area contributed by atoms with Gasteiger partial charge in [-0.15, -0.1) is 0 Å². The number of nitrogens with one attached hydrogen (secondary N) is 1. The van der Waals surface area contributed by atoms with E-state index in [2.05, 4.69) is 54.6 Å². The second-order valence-corrected chi connectivity index (χ2v) is 19.0. The Morgan fingerprint density at radius 2 is 1.34 bits per heavy atom. The van der Waals surface area contributed by atoms with Crippen LogP contribution in [0.15, 0.2) is 60.7 Å². The number of nitrogens with zero attached hydrogens (tertiary/aromatic N) is 3.